The third-order valence-corrected chi connectivity index (χ3v) is 6.95. The lowest BCUT2D eigenvalue weighted by Crippen LogP contribution is -2.50. The summed E-state index contributed by atoms with van der Waals surface area (Å²) in [6, 6.07) is 7.18. The molecule has 1 aromatic rings. The number of hydrogen-bond acceptors (Lipinski definition) is 5. The molecule has 140 valence electrons. The van der Waals surface area contributed by atoms with Gasteiger partial charge in [-0.05, 0) is 38.4 Å². The quantitative estimate of drug-likeness (QED) is 0.844. The van der Waals surface area contributed by atoms with Crippen LogP contribution in [0.3, 0.4) is 0 Å². The molecule has 0 amide bonds. The van der Waals surface area contributed by atoms with E-state index in [2.05, 4.69) is 15.1 Å². The fourth-order valence-electron chi connectivity index (χ4n) is 3.51. The van der Waals surface area contributed by atoms with E-state index in [0.29, 0.717) is 18.0 Å². The molecule has 1 aromatic carbocycles. The van der Waals surface area contributed by atoms with Gasteiger partial charge in [0.2, 0.25) is 10.0 Å². The van der Waals surface area contributed by atoms with Gasteiger partial charge in [0.05, 0.1) is 11.6 Å². The van der Waals surface area contributed by atoms with Crippen molar-refractivity contribution in [1.29, 1.82) is 0 Å². The SMILES string of the molecule is Cc1ccc(S(=O)(=O)N2CCCNCCN3CCCN(CC2)C3)cc1. The minimum Gasteiger partial charge on any atom is -0.315 e. The molecule has 7 heteroatoms. The van der Waals surface area contributed by atoms with Crippen LogP contribution in [-0.4, -0.2) is 81.5 Å². The van der Waals surface area contributed by atoms with Gasteiger partial charge >= 0.3 is 0 Å². The van der Waals surface area contributed by atoms with Crippen molar-refractivity contribution in [1.82, 2.24) is 19.4 Å². The van der Waals surface area contributed by atoms with Crippen LogP contribution in [0.4, 0.5) is 0 Å². The van der Waals surface area contributed by atoms with E-state index in [1.54, 1.807) is 16.4 Å². The van der Waals surface area contributed by atoms with E-state index >= 15 is 0 Å². The molecule has 2 heterocycles. The first-order chi connectivity index (χ1) is 12.1. The zero-order chi connectivity index (χ0) is 17.7. The molecule has 3 rings (SSSR count). The van der Waals surface area contributed by atoms with Crippen LogP contribution in [0.2, 0.25) is 0 Å². The second-order valence-electron chi connectivity index (χ2n) is 7.05. The van der Waals surface area contributed by atoms with Crippen molar-refractivity contribution in [2.24, 2.45) is 0 Å². The molecule has 0 radical (unpaired) electrons. The highest BCUT2D eigenvalue weighted by Crippen LogP contribution is 2.17. The smallest absolute Gasteiger partial charge is 0.243 e. The highest BCUT2D eigenvalue weighted by molar-refractivity contribution is 7.89. The normalized spacial score (nSPS) is 27.2. The molecule has 2 saturated heterocycles. The van der Waals surface area contributed by atoms with E-state index in [1.165, 1.54) is 0 Å². The van der Waals surface area contributed by atoms with Crippen molar-refractivity contribution >= 4 is 10.0 Å². The summed E-state index contributed by atoms with van der Waals surface area (Å²) >= 11 is 0. The van der Waals surface area contributed by atoms with E-state index in [9.17, 15) is 8.42 Å². The fourth-order valence-corrected chi connectivity index (χ4v) is 4.98. The molecule has 2 aliphatic heterocycles. The largest absolute Gasteiger partial charge is 0.315 e. The number of fused-ring (bicyclic) bond motifs is 2. The number of nitrogens with zero attached hydrogens (tertiary/aromatic N) is 3. The van der Waals surface area contributed by atoms with Gasteiger partial charge in [-0.15, -0.1) is 0 Å². The van der Waals surface area contributed by atoms with Crippen LogP contribution in [0, 0.1) is 6.92 Å². The Morgan fingerprint density at radius 1 is 0.840 bits per heavy atom. The monoisotopic (exact) mass is 366 g/mol. The maximum Gasteiger partial charge on any atom is 0.243 e. The van der Waals surface area contributed by atoms with Crippen LogP contribution in [0.25, 0.3) is 0 Å². The summed E-state index contributed by atoms with van der Waals surface area (Å²) in [6.45, 7) is 9.95. The third-order valence-electron chi connectivity index (χ3n) is 5.04. The summed E-state index contributed by atoms with van der Waals surface area (Å²) in [5.41, 5.74) is 1.07. The second kappa shape index (κ2) is 8.60. The van der Waals surface area contributed by atoms with Crippen LogP contribution < -0.4 is 5.32 Å². The van der Waals surface area contributed by atoms with E-state index in [-0.39, 0.29) is 0 Å². The number of nitrogens with one attached hydrogen (secondary N) is 1. The Kier molecular flexibility index (Phi) is 6.46. The van der Waals surface area contributed by atoms with Gasteiger partial charge in [0, 0.05) is 45.8 Å². The Morgan fingerprint density at radius 3 is 2.32 bits per heavy atom. The van der Waals surface area contributed by atoms with Crippen LogP contribution in [-0.2, 0) is 10.0 Å². The molecule has 2 fully saturated rings. The van der Waals surface area contributed by atoms with Crippen molar-refractivity contribution in [3.63, 3.8) is 0 Å². The topological polar surface area (TPSA) is 55.9 Å². The van der Waals surface area contributed by atoms with Crippen molar-refractivity contribution in [3.05, 3.63) is 29.8 Å². The molecule has 2 unspecified atom stereocenters. The number of aryl methyl sites for hydroxylation is 1. The van der Waals surface area contributed by atoms with Gasteiger partial charge in [0.1, 0.15) is 0 Å². The number of sulfonamides is 1. The minimum atomic E-state index is -3.43. The Bertz CT molecular complexity index is 648. The first kappa shape index (κ1) is 18.8. The zero-order valence-electron chi connectivity index (χ0n) is 15.2. The molecule has 2 aliphatic rings. The van der Waals surface area contributed by atoms with Gasteiger partial charge in [-0.25, -0.2) is 8.42 Å². The summed E-state index contributed by atoms with van der Waals surface area (Å²) < 4.78 is 27.8. The standard InChI is InChI=1S/C18H30N4O2S/c1-17-4-6-18(7-5-17)25(23,24)22-12-2-8-19-9-13-20-10-3-11-21(16-20)14-15-22/h4-7,19H,2-3,8-16H2,1H3. The van der Waals surface area contributed by atoms with Crippen LogP contribution in [0.1, 0.15) is 18.4 Å². The van der Waals surface area contributed by atoms with Gasteiger partial charge < -0.3 is 5.32 Å². The zero-order valence-corrected chi connectivity index (χ0v) is 16.0. The highest BCUT2D eigenvalue weighted by Gasteiger charge is 2.26. The van der Waals surface area contributed by atoms with Gasteiger partial charge in [-0.1, -0.05) is 17.7 Å². The van der Waals surface area contributed by atoms with Crippen LogP contribution in [0.15, 0.2) is 29.2 Å². The molecule has 2 bridgehead atoms. The molecular formula is C18H30N4O2S. The van der Waals surface area contributed by atoms with Crippen molar-refractivity contribution < 1.29 is 8.42 Å². The average Bonchev–Trinajstić information content (AvgIpc) is 2.60. The van der Waals surface area contributed by atoms with E-state index in [1.807, 2.05) is 19.1 Å². The van der Waals surface area contributed by atoms with E-state index in [0.717, 1.165) is 64.3 Å². The Morgan fingerprint density at radius 2 is 1.56 bits per heavy atom. The van der Waals surface area contributed by atoms with Crippen molar-refractivity contribution in [2.45, 2.75) is 24.7 Å². The molecule has 25 heavy (non-hydrogen) atoms. The fraction of sp³-hybridized carbons (Fsp3) is 0.667. The summed E-state index contributed by atoms with van der Waals surface area (Å²) in [4.78, 5) is 5.23. The number of benzene rings is 1. The Balaban J connectivity index is 1.74. The van der Waals surface area contributed by atoms with Crippen molar-refractivity contribution in [3.8, 4) is 0 Å². The molecule has 2 atom stereocenters. The summed E-state index contributed by atoms with van der Waals surface area (Å²) in [7, 11) is -3.43. The maximum absolute atomic E-state index is 13.1. The molecular weight excluding hydrogens is 336 g/mol. The lowest BCUT2D eigenvalue weighted by atomic mass is 10.2. The summed E-state index contributed by atoms with van der Waals surface area (Å²) in [6.07, 6.45) is 2.00. The second-order valence-corrected chi connectivity index (χ2v) is 8.99. The van der Waals surface area contributed by atoms with Crippen LogP contribution in [0.5, 0.6) is 0 Å². The average molecular weight is 367 g/mol. The molecule has 0 saturated carbocycles. The molecule has 0 aliphatic carbocycles. The molecule has 0 aromatic heterocycles. The first-order valence-corrected chi connectivity index (χ1v) is 10.7. The predicted octanol–water partition coefficient (Wildman–Crippen LogP) is 0.944. The Labute approximate surface area is 151 Å². The lowest BCUT2D eigenvalue weighted by Gasteiger charge is -2.37. The predicted molar refractivity (Wildman–Crippen MR) is 100 cm³/mol. The first-order valence-electron chi connectivity index (χ1n) is 9.28. The molecule has 1 N–H and O–H groups in total. The molecule has 6 nitrogen and oxygen atoms in total. The van der Waals surface area contributed by atoms with Gasteiger partial charge in [-0.3, -0.25) is 9.80 Å². The number of hydrogen-bond donors (Lipinski definition) is 1. The van der Waals surface area contributed by atoms with Gasteiger partial charge in [-0.2, -0.15) is 4.31 Å². The Hall–Kier alpha value is -0.990. The van der Waals surface area contributed by atoms with Gasteiger partial charge in [0.15, 0.2) is 0 Å². The lowest BCUT2D eigenvalue weighted by molar-refractivity contribution is 0.0817. The van der Waals surface area contributed by atoms with Crippen LogP contribution >= 0.6 is 0 Å². The number of rotatable bonds is 2. The van der Waals surface area contributed by atoms with E-state index < -0.39 is 10.0 Å². The molecule has 0 spiro atoms. The summed E-state index contributed by atoms with van der Waals surface area (Å²) in [5, 5.41) is 3.44. The van der Waals surface area contributed by atoms with E-state index in [4.69, 9.17) is 0 Å². The minimum absolute atomic E-state index is 0.401. The third kappa shape index (κ3) is 5.01. The maximum atomic E-state index is 13.1. The van der Waals surface area contributed by atoms with Gasteiger partial charge in [0.25, 0.3) is 0 Å². The highest BCUT2D eigenvalue weighted by atomic mass is 32.2. The summed E-state index contributed by atoms with van der Waals surface area (Å²) in [5.74, 6) is 0. The van der Waals surface area contributed by atoms with Crippen molar-refractivity contribution in [2.75, 3.05) is 59.0 Å².